The van der Waals surface area contributed by atoms with Crippen LogP contribution in [0.5, 0.6) is 0 Å². The molecule has 2 aromatic carbocycles. The van der Waals surface area contributed by atoms with Gasteiger partial charge in [-0.15, -0.1) is 22.7 Å². The average molecular weight is 483 g/mol. The van der Waals surface area contributed by atoms with E-state index in [4.69, 9.17) is 9.97 Å². The largest absolute Gasteiger partial charge is 0.297 e. The lowest BCUT2D eigenvalue weighted by Gasteiger charge is -2.15. The van der Waals surface area contributed by atoms with E-state index in [0.717, 1.165) is 39.7 Å². The number of imidazole rings is 2. The molecule has 4 heterocycles. The third kappa shape index (κ3) is 3.40. The number of nitrogens with zero attached hydrogens (tertiary/aromatic N) is 4. The van der Waals surface area contributed by atoms with E-state index in [1.807, 2.05) is 0 Å². The van der Waals surface area contributed by atoms with Crippen molar-refractivity contribution in [3.63, 3.8) is 0 Å². The zero-order chi connectivity index (χ0) is 23.4. The molecule has 170 valence electrons. The van der Waals surface area contributed by atoms with Crippen LogP contribution in [-0.4, -0.2) is 18.8 Å². The predicted octanol–water partition coefficient (Wildman–Crippen LogP) is 7.85. The Kier molecular flexibility index (Phi) is 5.15. The third-order valence-corrected chi connectivity index (χ3v) is 8.28. The first-order chi connectivity index (χ1) is 16.6. The smallest absolute Gasteiger partial charge is 0.194 e. The summed E-state index contributed by atoms with van der Waals surface area (Å²) in [5, 5.41) is 2.09. The third-order valence-electron chi connectivity index (χ3n) is 6.61. The number of benzene rings is 2. The van der Waals surface area contributed by atoms with Crippen molar-refractivity contribution in [1.82, 2.24) is 18.8 Å². The Bertz CT molecular complexity index is 1630. The van der Waals surface area contributed by atoms with Gasteiger partial charge in [0, 0.05) is 45.7 Å². The van der Waals surface area contributed by atoms with Crippen molar-refractivity contribution in [2.75, 3.05) is 0 Å². The number of rotatable bonds is 5. The van der Waals surface area contributed by atoms with E-state index in [9.17, 15) is 0 Å². The molecule has 6 aromatic rings. The van der Waals surface area contributed by atoms with E-state index < -0.39 is 0 Å². The van der Waals surface area contributed by atoms with Crippen LogP contribution in [0.15, 0.2) is 60.4 Å². The van der Waals surface area contributed by atoms with Crippen LogP contribution in [0.3, 0.4) is 0 Å². The van der Waals surface area contributed by atoms with Gasteiger partial charge in [-0.3, -0.25) is 8.80 Å². The first kappa shape index (κ1) is 21.3. The van der Waals surface area contributed by atoms with Gasteiger partial charge in [-0.2, -0.15) is 0 Å². The summed E-state index contributed by atoms with van der Waals surface area (Å²) in [6.45, 7) is 8.74. The van der Waals surface area contributed by atoms with E-state index in [0.29, 0.717) is 0 Å². The molecule has 6 rings (SSSR count). The van der Waals surface area contributed by atoms with E-state index in [2.05, 4.69) is 96.9 Å². The SMILES string of the molecule is CCc1ccc(-c2cn3cc(C)sc3n2)cc1-c1cc(-c2nc3sccn3c2C)ccc1CC. The summed E-state index contributed by atoms with van der Waals surface area (Å²) in [5.41, 5.74) is 10.9. The Hall–Kier alpha value is -3.22. The van der Waals surface area contributed by atoms with Crippen molar-refractivity contribution in [3.8, 4) is 33.6 Å². The molecule has 0 aliphatic rings. The number of fused-ring (bicyclic) bond motifs is 2. The normalized spacial score (nSPS) is 11.8. The Morgan fingerprint density at radius 2 is 1.53 bits per heavy atom. The minimum atomic E-state index is 0.986. The second-order valence-corrected chi connectivity index (χ2v) is 10.8. The molecular weight excluding hydrogens is 456 g/mol. The summed E-state index contributed by atoms with van der Waals surface area (Å²) in [6, 6.07) is 13.7. The van der Waals surface area contributed by atoms with E-state index in [1.165, 1.54) is 38.4 Å². The van der Waals surface area contributed by atoms with Crippen LogP contribution in [0.1, 0.15) is 35.5 Å². The molecule has 0 aliphatic carbocycles. The molecule has 4 nitrogen and oxygen atoms in total. The molecule has 4 aromatic heterocycles. The molecule has 0 amide bonds. The number of thiazole rings is 2. The lowest BCUT2D eigenvalue weighted by atomic mass is 9.89. The van der Waals surface area contributed by atoms with Gasteiger partial charge in [0.1, 0.15) is 0 Å². The molecule has 0 aliphatic heterocycles. The maximum Gasteiger partial charge on any atom is 0.194 e. The summed E-state index contributed by atoms with van der Waals surface area (Å²) in [7, 11) is 0. The predicted molar refractivity (Wildman–Crippen MR) is 144 cm³/mol. The van der Waals surface area contributed by atoms with Crippen LogP contribution >= 0.6 is 22.7 Å². The molecule has 0 spiro atoms. The Morgan fingerprint density at radius 1 is 0.824 bits per heavy atom. The van der Waals surface area contributed by atoms with Crippen molar-refractivity contribution >= 4 is 32.6 Å². The molecule has 0 bridgehead atoms. The lowest BCUT2D eigenvalue weighted by Crippen LogP contribution is -1.95. The molecule has 0 saturated carbocycles. The van der Waals surface area contributed by atoms with Crippen molar-refractivity contribution in [1.29, 1.82) is 0 Å². The van der Waals surface area contributed by atoms with Gasteiger partial charge in [-0.25, -0.2) is 9.97 Å². The van der Waals surface area contributed by atoms with Crippen molar-refractivity contribution < 1.29 is 0 Å². The summed E-state index contributed by atoms with van der Waals surface area (Å²) in [4.78, 5) is 13.2. The van der Waals surface area contributed by atoms with Gasteiger partial charge in [0.05, 0.1) is 11.4 Å². The van der Waals surface area contributed by atoms with Gasteiger partial charge in [-0.05, 0) is 61.1 Å². The van der Waals surface area contributed by atoms with Crippen LogP contribution < -0.4 is 0 Å². The van der Waals surface area contributed by atoms with Gasteiger partial charge in [-0.1, -0.05) is 38.1 Å². The van der Waals surface area contributed by atoms with E-state index in [1.54, 1.807) is 22.7 Å². The van der Waals surface area contributed by atoms with Crippen LogP contribution in [0.25, 0.3) is 43.6 Å². The molecular formula is C28H26N4S2. The molecule has 0 radical (unpaired) electrons. The average Bonchev–Trinajstić information content (AvgIpc) is 3.60. The summed E-state index contributed by atoms with van der Waals surface area (Å²) in [5.74, 6) is 0. The molecule has 34 heavy (non-hydrogen) atoms. The topological polar surface area (TPSA) is 34.6 Å². The number of aromatic nitrogens is 4. The standard InChI is InChI=1S/C28H26N4S2/c1-5-19-7-9-21(25-16-31-15-17(3)34-27(31)29-25)13-23(19)24-14-22(10-8-20(24)6-2)26-18(4)32-11-12-33-28(32)30-26/h7-16H,5-6H2,1-4H3. The van der Waals surface area contributed by atoms with Crippen molar-refractivity contribution in [3.05, 3.63) is 82.1 Å². The van der Waals surface area contributed by atoms with E-state index >= 15 is 0 Å². The Balaban J connectivity index is 1.51. The monoisotopic (exact) mass is 482 g/mol. The Labute approximate surface area is 207 Å². The molecule has 0 N–H and O–H groups in total. The second-order valence-electron chi connectivity index (χ2n) is 8.71. The fraction of sp³-hybridized carbons (Fsp3) is 0.214. The summed E-state index contributed by atoms with van der Waals surface area (Å²) in [6.07, 6.45) is 8.36. The Morgan fingerprint density at radius 3 is 2.21 bits per heavy atom. The maximum absolute atomic E-state index is 4.94. The zero-order valence-corrected chi connectivity index (χ0v) is 21.4. The van der Waals surface area contributed by atoms with Crippen LogP contribution in [0.4, 0.5) is 0 Å². The highest BCUT2D eigenvalue weighted by Crippen LogP contribution is 2.36. The quantitative estimate of drug-likeness (QED) is 0.251. The van der Waals surface area contributed by atoms with Gasteiger partial charge in [0.15, 0.2) is 9.92 Å². The molecule has 6 heteroatoms. The van der Waals surface area contributed by atoms with Crippen LogP contribution in [0, 0.1) is 13.8 Å². The highest BCUT2D eigenvalue weighted by Gasteiger charge is 2.16. The van der Waals surface area contributed by atoms with Gasteiger partial charge >= 0.3 is 0 Å². The number of aryl methyl sites for hydroxylation is 4. The molecule has 0 saturated heterocycles. The van der Waals surface area contributed by atoms with Gasteiger partial charge in [0.25, 0.3) is 0 Å². The maximum atomic E-state index is 4.94. The van der Waals surface area contributed by atoms with Crippen LogP contribution in [-0.2, 0) is 12.8 Å². The summed E-state index contributed by atoms with van der Waals surface area (Å²) >= 11 is 3.41. The van der Waals surface area contributed by atoms with Gasteiger partial charge < -0.3 is 0 Å². The minimum absolute atomic E-state index is 0.986. The number of hydrogen-bond donors (Lipinski definition) is 0. The van der Waals surface area contributed by atoms with Crippen molar-refractivity contribution in [2.45, 2.75) is 40.5 Å². The number of hydrogen-bond acceptors (Lipinski definition) is 4. The fourth-order valence-corrected chi connectivity index (χ4v) is 6.37. The second kappa shape index (κ2) is 8.22. The van der Waals surface area contributed by atoms with Crippen LogP contribution in [0.2, 0.25) is 0 Å². The fourth-order valence-electron chi connectivity index (χ4n) is 4.80. The highest BCUT2D eigenvalue weighted by molar-refractivity contribution is 7.17. The first-order valence-electron chi connectivity index (χ1n) is 11.7. The minimum Gasteiger partial charge on any atom is -0.297 e. The molecule has 0 atom stereocenters. The zero-order valence-electron chi connectivity index (χ0n) is 19.8. The van der Waals surface area contributed by atoms with Gasteiger partial charge in [0.2, 0.25) is 0 Å². The van der Waals surface area contributed by atoms with E-state index in [-0.39, 0.29) is 0 Å². The highest BCUT2D eigenvalue weighted by atomic mass is 32.1. The first-order valence-corrected chi connectivity index (χ1v) is 13.4. The van der Waals surface area contributed by atoms with Crippen molar-refractivity contribution in [2.24, 2.45) is 0 Å². The lowest BCUT2D eigenvalue weighted by molar-refractivity contribution is 1.12. The molecule has 0 unspecified atom stereocenters. The summed E-state index contributed by atoms with van der Waals surface area (Å²) < 4.78 is 4.31. The molecule has 0 fully saturated rings.